The van der Waals surface area contributed by atoms with Crippen molar-refractivity contribution in [3.8, 4) is 5.75 Å². The predicted molar refractivity (Wildman–Crippen MR) is 135 cm³/mol. The fourth-order valence-electron chi connectivity index (χ4n) is 3.19. The average Bonchev–Trinajstić information content (AvgIpc) is 3.20. The molecule has 3 aromatic rings. The van der Waals surface area contributed by atoms with E-state index in [-0.39, 0.29) is 28.7 Å². The van der Waals surface area contributed by atoms with E-state index in [1.807, 2.05) is 0 Å². The minimum atomic E-state index is -4.01. The molecule has 0 saturated carbocycles. The second-order valence-corrected chi connectivity index (χ2v) is 11.3. The minimum Gasteiger partial charge on any atom is -0.487 e. The van der Waals surface area contributed by atoms with Gasteiger partial charge in [-0.05, 0) is 68.7 Å². The number of carbonyl (C=O) groups is 1. The summed E-state index contributed by atoms with van der Waals surface area (Å²) in [5.74, 6) is -0.689. The van der Waals surface area contributed by atoms with E-state index in [2.05, 4.69) is 11.6 Å². The number of hydrogen-bond donors (Lipinski definition) is 1. The number of hydrogen-bond acceptors (Lipinski definition) is 6. The number of nitrogens with zero attached hydrogens (tertiary/aromatic N) is 2. The van der Waals surface area contributed by atoms with Crippen LogP contribution in [0.25, 0.3) is 0 Å². The van der Waals surface area contributed by atoms with Crippen molar-refractivity contribution in [2.75, 3.05) is 10.8 Å². The average molecular weight is 521 g/mol. The Bertz CT molecular complexity index is 1370. The highest BCUT2D eigenvalue weighted by Crippen LogP contribution is 2.38. The van der Waals surface area contributed by atoms with Crippen molar-refractivity contribution in [1.29, 1.82) is 0 Å². The minimum absolute atomic E-state index is 0.0169. The van der Waals surface area contributed by atoms with Crippen LogP contribution in [0.4, 0.5) is 5.69 Å². The van der Waals surface area contributed by atoms with Crippen molar-refractivity contribution >= 4 is 44.6 Å². The molecular formula is C24H25ClN2O5S2. The van der Waals surface area contributed by atoms with E-state index < -0.39 is 16.0 Å². The highest BCUT2D eigenvalue weighted by Gasteiger charge is 2.31. The maximum Gasteiger partial charge on any atom is 0.335 e. The van der Waals surface area contributed by atoms with E-state index in [4.69, 9.17) is 16.3 Å². The number of halogens is 1. The highest BCUT2D eigenvalue weighted by molar-refractivity contribution is 7.94. The third kappa shape index (κ3) is 5.60. The number of carboxylic acid groups (broad SMARTS) is 1. The predicted octanol–water partition coefficient (Wildman–Crippen LogP) is 5.77. The molecule has 1 aromatic heterocycles. The van der Waals surface area contributed by atoms with Crippen LogP contribution in [0, 0.1) is 20.8 Å². The molecular weight excluding hydrogens is 496 g/mol. The molecule has 0 spiro atoms. The van der Waals surface area contributed by atoms with Crippen molar-refractivity contribution in [3.63, 3.8) is 0 Å². The zero-order valence-electron chi connectivity index (χ0n) is 19.3. The van der Waals surface area contributed by atoms with Gasteiger partial charge in [0, 0.05) is 16.1 Å². The van der Waals surface area contributed by atoms with E-state index in [0.717, 1.165) is 28.0 Å². The van der Waals surface area contributed by atoms with Gasteiger partial charge < -0.3 is 9.84 Å². The Balaban J connectivity index is 2.05. The summed E-state index contributed by atoms with van der Waals surface area (Å²) in [7, 11) is -4.01. The summed E-state index contributed by atoms with van der Waals surface area (Å²) in [5, 5.41) is 11.3. The van der Waals surface area contributed by atoms with Crippen LogP contribution in [-0.2, 0) is 16.6 Å². The molecule has 0 saturated heterocycles. The lowest BCUT2D eigenvalue weighted by Gasteiger charge is -2.26. The summed E-state index contributed by atoms with van der Waals surface area (Å²) in [6, 6.07) is 8.00. The van der Waals surface area contributed by atoms with Crippen molar-refractivity contribution < 1.29 is 23.1 Å². The van der Waals surface area contributed by atoms with Crippen LogP contribution in [0.1, 0.15) is 39.7 Å². The summed E-state index contributed by atoms with van der Waals surface area (Å²) in [4.78, 5) is 15.4. The number of sulfonamides is 1. The van der Waals surface area contributed by atoms with E-state index in [0.29, 0.717) is 22.0 Å². The normalized spacial score (nSPS) is 11.3. The molecule has 0 atom stereocenters. The number of aryl methyl sites for hydroxylation is 3. The first-order valence-electron chi connectivity index (χ1n) is 10.2. The monoisotopic (exact) mass is 520 g/mol. The lowest BCUT2D eigenvalue weighted by atomic mass is 10.1. The van der Waals surface area contributed by atoms with Crippen LogP contribution < -0.4 is 9.04 Å². The van der Waals surface area contributed by atoms with Crippen LogP contribution in [0.5, 0.6) is 5.75 Å². The Kier molecular flexibility index (Phi) is 7.70. The molecule has 10 heteroatoms. The number of rotatable bonds is 9. The summed E-state index contributed by atoms with van der Waals surface area (Å²) >= 11 is 7.43. The molecule has 7 nitrogen and oxygen atoms in total. The number of anilines is 1. The second-order valence-electron chi connectivity index (χ2n) is 8.03. The number of aromatic carboxylic acids is 1. The molecule has 1 heterocycles. The lowest BCUT2D eigenvalue weighted by molar-refractivity contribution is 0.0696. The van der Waals surface area contributed by atoms with Crippen LogP contribution in [0.3, 0.4) is 0 Å². The van der Waals surface area contributed by atoms with Gasteiger partial charge in [0.1, 0.15) is 12.4 Å². The molecule has 0 unspecified atom stereocenters. The summed E-state index contributed by atoms with van der Waals surface area (Å²) in [6.45, 7) is 11.1. The number of carboxylic acids is 1. The molecule has 1 N–H and O–H groups in total. The Morgan fingerprint density at radius 2 is 1.91 bits per heavy atom. The van der Waals surface area contributed by atoms with E-state index in [1.54, 1.807) is 57.3 Å². The smallest absolute Gasteiger partial charge is 0.335 e. The van der Waals surface area contributed by atoms with Gasteiger partial charge in [-0.15, -0.1) is 11.3 Å². The maximum absolute atomic E-state index is 13.5. The van der Waals surface area contributed by atoms with Gasteiger partial charge in [0.25, 0.3) is 10.0 Å². The molecule has 0 aliphatic rings. The van der Waals surface area contributed by atoms with Crippen LogP contribution in [0.15, 0.2) is 52.2 Å². The molecule has 180 valence electrons. The van der Waals surface area contributed by atoms with Gasteiger partial charge in [0.15, 0.2) is 0 Å². The van der Waals surface area contributed by atoms with Gasteiger partial charge in [-0.1, -0.05) is 29.8 Å². The van der Waals surface area contributed by atoms with Gasteiger partial charge in [-0.3, -0.25) is 4.31 Å². The molecule has 0 fully saturated rings. The lowest BCUT2D eigenvalue weighted by Crippen LogP contribution is -2.33. The zero-order chi connectivity index (χ0) is 25.2. The zero-order valence-corrected chi connectivity index (χ0v) is 21.6. The Hall–Kier alpha value is -2.88. The van der Waals surface area contributed by atoms with Crippen LogP contribution in [0.2, 0.25) is 5.02 Å². The molecule has 2 aromatic carbocycles. The molecule has 0 aliphatic heterocycles. The first-order chi connectivity index (χ1) is 15.9. The van der Waals surface area contributed by atoms with Crippen LogP contribution >= 0.6 is 22.9 Å². The van der Waals surface area contributed by atoms with E-state index in [1.165, 1.54) is 10.4 Å². The Labute approximate surface area is 208 Å². The molecule has 0 radical (unpaired) electrons. The van der Waals surface area contributed by atoms with Crippen LogP contribution in [-0.4, -0.2) is 31.0 Å². The maximum atomic E-state index is 13.5. The number of ether oxygens (including phenoxy) is 1. The van der Waals surface area contributed by atoms with Crippen molar-refractivity contribution in [2.45, 2.75) is 38.6 Å². The van der Waals surface area contributed by atoms with Gasteiger partial charge in [-0.2, -0.15) is 8.42 Å². The number of thiazole rings is 1. The fraction of sp³-hybridized carbons (Fsp3) is 0.250. The SMILES string of the molecule is C=C(C)CN(c1cc(Cl)c(C)cc1OCc1ccc(C(=O)O)cc1C)S(=O)(=O)c1nc(C)cs1. The first kappa shape index (κ1) is 25.7. The summed E-state index contributed by atoms with van der Waals surface area (Å²) < 4.78 is 34.3. The van der Waals surface area contributed by atoms with Gasteiger partial charge in [0.2, 0.25) is 4.34 Å². The largest absolute Gasteiger partial charge is 0.487 e. The Morgan fingerprint density at radius 3 is 2.47 bits per heavy atom. The molecule has 0 amide bonds. The standard InChI is InChI=1S/C24H25ClN2O5S2/c1-14(2)11-27(34(30,31)24-26-17(5)13-33-24)21-10-20(25)16(4)9-22(21)32-12-19-7-6-18(23(28)29)8-15(19)3/h6-10,13H,1,11-12H2,2-5H3,(H,28,29). The van der Waals surface area contributed by atoms with Gasteiger partial charge >= 0.3 is 5.97 Å². The topological polar surface area (TPSA) is 96.8 Å². The van der Waals surface area contributed by atoms with Gasteiger partial charge in [0.05, 0.1) is 17.8 Å². The quantitative estimate of drug-likeness (QED) is 0.360. The van der Waals surface area contributed by atoms with Crippen molar-refractivity contribution in [3.05, 3.63) is 80.8 Å². The third-order valence-corrected chi connectivity index (χ3v) is 8.52. The fourth-order valence-corrected chi connectivity index (χ4v) is 6.01. The second kappa shape index (κ2) is 10.2. The molecule has 34 heavy (non-hydrogen) atoms. The summed E-state index contributed by atoms with van der Waals surface area (Å²) in [5.41, 5.74) is 3.92. The van der Waals surface area contributed by atoms with Crippen molar-refractivity contribution in [1.82, 2.24) is 4.98 Å². The van der Waals surface area contributed by atoms with Crippen molar-refractivity contribution in [2.24, 2.45) is 0 Å². The molecule has 0 bridgehead atoms. The molecule has 0 aliphatic carbocycles. The first-order valence-corrected chi connectivity index (χ1v) is 12.9. The Morgan fingerprint density at radius 1 is 1.21 bits per heavy atom. The van der Waals surface area contributed by atoms with Gasteiger partial charge in [-0.25, -0.2) is 9.78 Å². The third-order valence-electron chi connectivity index (χ3n) is 5.00. The number of aromatic nitrogens is 1. The van der Waals surface area contributed by atoms with E-state index in [9.17, 15) is 18.3 Å². The highest BCUT2D eigenvalue weighted by atomic mass is 35.5. The summed E-state index contributed by atoms with van der Waals surface area (Å²) in [6.07, 6.45) is 0. The number of benzene rings is 2. The van der Waals surface area contributed by atoms with E-state index >= 15 is 0 Å². The molecule has 3 rings (SSSR count).